The Morgan fingerprint density at radius 1 is 1.00 bits per heavy atom. The Kier molecular flexibility index (Phi) is 8.75. The summed E-state index contributed by atoms with van der Waals surface area (Å²) in [5.41, 5.74) is 1.42. The first-order valence-corrected chi connectivity index (χ1v) is 11.4. The van der Waals surface area contributed by atoms with Crippen LogP contribution >= 0.6 is 23.4 Å². The third kappa shape index (κ3) is 7.90. The zero-order valence-electron chi connectivity index (χ0n) is 16.9. The van der Waals surface area contributed by atoms with E-state index in [0.717, 1.165) is 11.1 Å². The number of hydrogen-bond acceptors (Lipinski definition) is 5. The maximum Gasteiger partial charge on any atom is 0.230 e. The first-order chi connectivity index (χ1) is 15.0. The fourth-order valence-electron chi connectivity index (χ4n) is 3.10. The van der Waals surface area contributed by atoms with E-state index in [1.54, 1.807) is 6.07 Å². The number of hydrogen-bond donors (Lipinski definition) is 4. The molecule has 2 atom stereocenters. The second kappa shape index (κ2) is 11.7. The third-order valence-electron chi connectivity index (χ3n) is 4.69. The average molecular weight is 461 g/mol. The fourth-order valence-corrected chi connectivity index (χ4v) is 4.23. The molecule has 1 fully saturated rings. The van der Waals surface area contributed by atoms with Gasteiger partial charge in [-0.25, -0.2) is 0 Å². The van der Waals surface area contributed by atoms with Gasteiger partial charge in [-0.15, -0.1) is 11.8 Å². The van der Waals surface area contributed by atoms with Crippen molar-refractivity contribution >= 4 is 41.1 Å². The summed E-state index contributed by atoms with van der Waals surface area (Å²) in [7, 11) is 0. The van der Waals surface area contributed by atoms with Crippen LogP contribution in [0.5, 0.6) is 0 Å². The van der Waals surface area contributed by atoms with Crippen LogP contribution in [0.15, 0.2) is 54.6 Å². The number of thioether (sulfide) groups is 1. The van der Waals surface area contributed by atoms with Crippen molar-refractivity contribution in [3.63, 3.8) is 0 Å². The molecule has 31 heavy (non-hydrogen) atoms. The van der Waals surface area contributed by atoms with Crippen LogP contribution in [0.25, 0.3) is 0 Å². The molecule has 2 aromatic rings. The van der Waals surface area contributed by atoms with E-state index in [1.165, 1.54) is 11.8 Å². The molecule has 1 heterocycles. The summed E-state index contributed by atoms with van der Waals surface area (Å²) in [4.78, 5) is 36.4. The zero-order chi connectivity index (χ0) is 22.1. The lowest BCUT2D eigenvalue weighted by Gasteiger charge is -2.30. The summed E-state index contributed by atoms with van der Waals surface area (Å²) in [5, 5.41) is 12.3. The van der Waals surface area contributed by atoms with E-state index in [2.05, 4.69) is 21.3 Å². The van der Waals surface area contributed by atoms with Gasteiger partial charge in [0.1, 0.15) is 5.50 Å². The first-order valence-electron chi connectivity index (χ1n) is 9.97. The van der Waals surface area contributed by atoms with Crippen molar-refractivity contribution in [3.8, 4) is 0 Å². The number of halogens is 1. The lowest BCUT2D eigenvalue weighted by Crippen LogP contribution is -2.56. The second-order valence-electron chi connectivity index (χ2n) is 7.16. The molecule has 1 saturated heterocycles. The Morgan fingerprint density at radius 3 is 2.48 bits per heavy atom. The molecule has 0 radical (unpaired) electrons. The first kappa shape index (κ1) is 23.1. The van der Waals surface area contributed by atoms with E-state index in [1.807, 2.05) is 48.5 Å². The van der Waals surface area contributed by atoms with E-state index in [4.69, 9.17) is 11.6 Å². The smallest absolute Gasteiger partial charge is 0.230 e. The van der Waals surface area contributed by atoms with Gasteiger partial charge in [0.05, 0.1) is 5.75 Å². The van der Waals surface area contributed by atoms with Crippen molar-refractivity contribution in [2.24, 2.45) is 0 Å². The van der Waals surface area contributed by atoms with Crippen LogP contribution in [-0.4, -0.2) is 35.0 Å². The third-order valence-corrected chi connectivity index (χ3v) is 6.08. The molecule has 0 bridgehead atoms. The van der Waals surface area contributed by atoms with Crippen molar-refractivity contribution in [1.29, 1.82) is 0 Å². The lowest BCUT2D eigenvalue weighted by atomic mass is 10.1. The predicted octanol–water partition coefficient (Wildman–Crippen LogP) is 2.16. The van der Waals surface area contributed by atoms with E-state index < -0.39 is 5.50 Å². The lowest BCUT2D eigenvalue weighted by molar-refractivity contribution is -0.125. The van der Waals surface area contributed by atoms with Crippen LogP contribution in [-0.2, 0) is 27.5 Å². The largest absolute Gasteiger partial charge is 0.352 e. The predicted molar refractivity (Wildman–Crippen MR) is 122 cm³/mol. The summed E-state index contributed by atoms with van der Waals surface area (Å²) in [6, 6.07) is 16.7. The Hall–Kier alpha value is -2.55. The van der Waals surface area contributed by atoms with Crippen molar-refractivity contribution in [1.82, 2.24) is 21.3 Å². The normalized spacial score (nSPS) is 18.2. The highest BCUT2D eigenvalue weighted by molar-refractivity contribution is 8.00. The van der Waals surface area contributed by atoms with Crippen LogP contribution in [0.3, 0.4) is 0 Å². The molecule has 0 spiro atoms. The van der Waals surface area contributed by atoms with Crippen LogP contribution in [0, 0.1) is 0 Å². The average Bonchev–Trinajstić information content (AvgIpc) is 2.76. The van der Waals surface area contributed by atoms with Gasteiger partial charge >= 0.3 is 0 Å². The van der Waals surface area contributed by atoms with Gasteiger partial charge in [0, 0.05) is 37.0 Å². The van der Waals surface area contributed by atoms with Gasteiger partial charge in [0.25, 0.3) is 0 Å². The van der Waals surface area contributed by atoms with E-state index in [-0.39, 0.29) is 42.4 Å². The molecule has 0 saturated carbocycles. The van der Waals surface area contributed by atoms with Crippen molar-refractivity contribution < 1.29 is 14.4 Å². The molecular weight excluding hydrogens is 436 g/mol. The summed E-state index contributed by atoms with van der Waals surface area (Å²) < 4.78 is 0. The number of rotatable bonds is 9. The number of benzene rings is 2. The number of carbonyl (C=O) groups excluding carboxylic acids is 3. The molecule has 3 rings (SSSR count). The maximum atomic E-state index is 12.2. The molecule has 2 unspecified atom stereocenters. The van der Waals surface area contributed by atoms with Gasteiger partial charge in [0.15, 0.2) is 0 Å². The van der Waals surface area contributed by atoms with Crippen LogP contribution in [0.4, 0.5) is 0 Å². The van der Waals surface area contributed by atoms with Crippen molar-refractivity contribution in [3.05, 3.63) is 70.7 Å². The molecule has 0 aromatic heterocycles. The Bertz CT molecular complexity index is 913. The van der Waals surface area contributed by atoms with E-state index >= 15 is 0 Å². The SMILES string of the molecule is O=C(CSC1NC(=O)CC(CC(=O)NCc2ccccc2)N1)NCc1ccccc1Cl. The summed E-state index contributed by atoms with van der Waals surface area (Å²) in [6.07, 6.45) is 0.407. The van der Waals surface area contributed by atoms with Crippen LogP contribution < -0.4 is 21.3 Å². The van der Waals surface area contributed by atoms with Gasteiger partial charge in [-0.2, -0.15) is 0 Å². The highest BCUT2D eigenvalue weighted by Crippen LogP contribution is 2.16. The number of amides is 3. The topological polar surface area (TPSA) is 99.3 Å². The number of nitrogens with one attached hydrogen (secondary N) is 4. The molecular formula is C22H25ClN4O3S. The van der Waals surface area contributed by atoms with Crippen LogP contribution in [0.2, 0.25) is 5.02 Å². The standard InChI is InChI=1S/C22H25ClN4O3S/c23-18-9-5-4-8-16(18)13-25-21(30)14-31-22-26-17(11-20(29)27-22)10-19(28)24-12-15-6-2-1-3-7-15/h1-9,17,22,26H,10-14H2,(H,24,28)(H,25,30)(H,27,29). The summed E-state index contributed by atoms with van der Waals surface area (Å²) >= 11 is 7.36. The van der Waals surface area contributed by atoms with Crippen LogP contribution in [0.1, 0.15) is 24.0 Å². The molecule has 164 valence electrons. The Labute approximate surface area is 190 Å². The molecule has 4 N–H and O–H groups in total. The highest BCUT2D eigenvalue weighted by atomic mass is 35.5. The van der Waals surface area contributed by atoms with Gasteiger partial charge in [0.2, 0.25) is 17.7 Å². The van der Waals surface area contributed by atoms with E-state index in [0.29, 0.717) is 18.1 Å². The minimum absolute atomic E-state index is 0.128. The second-order valence-corrected chi connectivity index (χ2v) is 8.66. The monoisotopic (exact) mass is 460 g/mol. The zero-order valence-corrected chi connectivity index (χ0v) is 18.5. The summed E-state index contributed by atoms with van der Waals surface area (Å²) in [6.45, 7) is 0.788. The van der Waals surface area contributed by atoms with Crippen molar-refractivity contribution in [2.45, 2.75) is 37.5 Å². The van der Waals surface area contributed by atoms with Gasteiger partial charge in [-0.3, -0.25) is 19.7 Å². The Morgan fingerprint density at radius 2 is 1.71 bits per heavy atom. The van der Waals surface area contributed by atoms with Crippen molar-refractivity contribution in [2.75, 3.05) is 5.75 Å². The minimum atomic E-state index is -0.431. The van der Waals surface area contributed by atoms with Gasteiger partial charge in [-0.1, -0.05) is 60.1 Å². The molecule has 3 amide bonds. The molecule has 9 heteroatoms. The Balaban J connectivity index is 1.39. The quantitative estimate of drug-likeness (QED) is 0.459. The number of carbonyl (C=O) groups is 3. The minimum Gasteiger partial charge on any atom is -0.352 e. The van der Waals surface area contributed by atoms with E-state index in [9.17, 15) is 14.4 Å². The maximum absolute atomic E-state index is 12.2. The molecule has 1 aliphatic rings. The molecule has 2 aromatic carbocycles. The van der Waals surface area contributed by atoms with Gasteiger partial charge < -0.3 is 16.0 Å². The van der Waals surface area contributed by atoms with Gasteiger partial charge in [-0.05, 0) is 17.2 Å². The highest BCUT2D eigenvalue weighted by Gasteiger charge is 2.28. The molecule has 1 aliphatic heterocycles. The summed E-state index contributed by atoms with van der Waals surface area (Å²) in [5.74, 6) is -0.274. The molecule has 0 aliphatic carbocycles. The molecule has 7 nitrogen and oxygen atoms in total. The fraction of sp³-hybridized carbons (Fsp3) is 0.318.